The molecule has 25 heavy (non-hydrogen) atoms. The van der Waals surface area contributed by atoms with E-state index in [-0.39, 0.29) is 11.5 Å². The third-order valence-corrected chi connectivity index (χ3v) is 5.28. The van der Waals surface area contributed by atoms with Crippen molar-refractivity contribution in [2.75, 3.05) is 6.61 Å². The Bertz CT molecular complexity index is 612. The zero-order chi connectivity index (χ0) is 17.9. The molecular formula is C20H25F3O2. The lowest BCUT2D eigenvalue weighted by Crippen LogP contribution is -2.21. The summed E-state index contributed by atoms with van der Waals surface area (Å²) in [6.45, 7) is 2.11. The maximum absolute atomic E-state index is 12.8. The third-order valence-electron chi connectivity index (χ3n) is 5.28. The summed E-state index contributed by atoms with van der Waals surface area (Å²) in [5.74, 6) is 0.946. The van der Waals surface area contributed by atoms with Crippen LogP contribution < -0.4 is 9.47 Å². The minimum Gasteiger partial charge on any atom is -0.489 e. The van der Waals surface area contributed by atoms with Crippen molar-refractivity contribution in [3.05, 3.63) is 29.3 Å². The van der Waals surface area contributed by atoms with Gasteiger partial charge in [-0.25, -0.2) is 0 Å². The summed E-state index contributed by atoms with van der Waals surface area (Å²) < 4.78 is 48.5. The minimum absolute atomic E-state index is 0.180. The van der Waals surface area contributed by atoms with Gasteiger partial charge in [-0.1, -0.05) is 37.5 Å². The predicted molar refractivity (Wildman–Crippen MR) is 91.7 cm³/mol. The SMILES string of the molecule is Cc1c(/C=C/C2CCCC2)ccc(OCC2CCC2)c1OC(F)(F)F. The van der Waals surface area contributed by atoms with Gasteiger partial charge in [0.2, 0.25) is 0 Å². The molecule has 2 aliphatic rings. The van der Waals surface area contributed by atoms with Crippen molar-refractivity contribution in [1.82, 2.24) is 0 Å². The van der Waals surface area contributed by atoms with Crippen molar-refractivity contribution >= 4 is 6.08 Å². The first-order valence-electron chi connectivity index (χ1n) is 9.13. The van der Waals surface area contributed by atoms with E-state index in [9.17, 15) is 13.2 Å². The van der Waals surface area contributed by atoms with Crippen molar-refractivity contribution in [2.24, 2.45) is 11.8 Å². The topological polar surface area (TPSA) is 18.5 Å². The van der Waals surface area contributed by atoms with Crippen molar-refractivity contribution in [3.63, 3.8) is 0 Å². The molecular weight excluding hydrogens is 329 g/mol. The van der Waals surface area contributed by atoms with Crippen LogP contribution in [0.3, 0.4) is 0 Å². The maximum atomic E-state index is 12.8. The Kier molecular flexibility index (Phi) is 5.60. The first-order valence-corrected chi connectivity index (χ1v) is 9.13. The summed E-state index contributed by atoms with van der Waals surface area (Å²) in [5.41, 5.74) is 1.22. The highest BCUT2D eigenvalue weighted by atomic mass is 19.4. The van der Waals surface area contributed by atoms with E-state index in [0.29, 0.717) is 24.0 Å². The summed E-state index contributed by atoms with van der Waals surface area (Å²) >= 11 is 0. The highest BCUT2D eigenvalue weighted by Crippen LogP contribution is 2.39. The van der Waals surface area contributed by atoms with E-state index in [4.69, 9.17) is 4.74 Å². The number of halogens is 3. The van der Waals surface area contributed by atoms with Crippen molar-refractivity contribution in [2.45, 2.75) is 58.2 Å². The molecule has 3 rings (SSSR count). The van der Waals surface area contributed by atoms with Crippen LogP contribution in [-0.4, -0.2) is 13.0 Å². The first kappa shape index (κ1) is 18.2. The average Bonchev–Trinajstić information content (AvgIpc) is 3.00. The number of benzene rings is 1. The zero-order valence-corrected chi connectivity index (χ0v) is 14.6. The molecule has 0 N–H and O–H groups in total. The molecule has 0 unspecified atom stereocenters. The van der Waals surface area contributed by atoms with Crippen LogP contribution in [0.4, 0.5) is 13.2 Å². The summed E-state index contributed by atoms with van der Waals surface area (Å²) in [7, 11) is 0. The van der Waals surface area contributed by atoms with Gasteiger partial charge in [0.05, 0.1) is 6.61 Å². The smallest absolute Gasteiger partial charge is 0.489 e. The quantitative estimate of drug-likeness (QED) is 0.599. The predicted octanol–water partition coefficient (Wildman–Crippen LogP) is 6.28. The molecule has 0 amide bonds. The molecule has 2 fully saturated rings. The van der Waals surface area contributed by atoms with Crippen LogP contribution >= 0.6 is 0 Å². The normalized spacial score (nSPS) is 19.4. The average molecular weight is 354 g/mol. The zero-order valence-electron chi connectivity index (χ0n) is 14.6. The Morgan fingerprint density at radius 3 is 2.40 bits per heavy atom. The van der Waals surface area contributed by atoms with Crippen LogP contribution in [0.2, 0.25) is 0 Å². The number of alkyl halides is 3. The highest BCUT2D eigenvalue weighted by molar-refractivity contribution is 5.62. The second-order valence-corrected chi connectivity index (χ2v) is 7.17. The van der Waals surface area contributed by atoms with Crippen LogP contribution in [0, 0.1) is 18.8 Å². The Morgan fingerprint density at radius 2 is 1.80 bits per heavy atom. The van der Waals surface area contributed by atoms with Crippen LogP contribution in [0.15, 0.2) is 18.2 Å². The van der Waals surface area contributed by atoms with Crippen LogP contribution in [-0.2, 0) is 0 Å². The van der Waals surface area contributed by atoms with E-state index in [1.807, 2.05) is 12.1 Å². The summed E-state index contributed by atoms with van der Waals surface area (Å²) in [6, 6.07) is 3.42. The highest BCUT2D eigenvalue weighted by Gasteiger charge is 2.34. The number of allylic oxidation sites excluding steroid dienone is 1. The lowest BCUT2D eigenvalue weighted by Gasteiger charge is -2.26. The number of hydrogen-bond donors (Lipinski definition) is 0. The molecule has 2 aliphatic carbocycles. The molecule has 5 heteroatoms. The van der Waals surface area contributed by atoms with Gasteiger partial charge in [-0.3, -0.25) is 0 Å². The van der Waals surface area contributed by atoms with Crippen molar-refractivity contribution < 1.29 is 22.6 Å². The van der Waals surface area contributed by atoms with Crippen LogP contribution in [0.1, 0.15) is 56.1 Å². The largest absolute Gasteiger partial charge is 0.573 e. The molecule has 138 valence electrons. The first-order chi connectivity index (χ1) is 11.9. The standard InChI is InChI=1S/C20H25F3O2/c1-14-17(10-9-15-5-2-3-6-15)11-12-18(19(14)25-20(21,22)23)24-13-16-7-4-8-16/h9-12,15-16H,2-8,13H2,1H3/b10-9+. The molecule has 0 radical (unpaired) electrons. The van der Waals surface area contributed by atoms with Gasteiger partial charge in [0.15, 0.2) is 11.5 Å². The third kappa shape index (κ3) is 4.93. The Morgan fingerprint density at radius 1 is 1.08 bits per heavy atom. The maximum Gasteiger partial charge on any atom is 0.573 e. The van der Waals surface area contributed by atoms with E-state index in [1.165, 1.54) is 19.3 Å². The Labute approximate surface area is 147 Å². The van der Waals surface area contributed by atoms with Crippen molar-refractivity contribution in [1.29, 1.82) is 0 Å². The van der Waals surface area contributed by atoms with E-state index in [2.05, 4.69) is 10.8 Å². The molecule has 1 aromatic carbocycles. The molecule has 0 aliphatic heterocycles. The second kappa shape index (κ2) is 7.71. The summed E-state index contributed by atoms with van der Waals surface area (Å²) in [6.07, 6.45) is 7.40. The van der Waals surface area contributed by atoms with Gasteiger partial charge in [-0.15, -0.1) is 13.2 Å². The second-order valence-electron chi connectivity index (χ2n) is 7.17. The van der Waals surface area contributed by atoms with Crippen LogP contribution in [0.5, 0.6) is 11.5 Å². The van der Waals surface area contributed by atoms with Gasteiger partial charge in [-0.2, -0.15) is 0 Å². The van der Waals surface area contributed by atoms with Crippen LogP contribution in [0.25, 0.3) is 6.08 Å². The fourth-order valence-corrected chi connectivity index (χ4v) is 3.48. The van der Waals surface area contributed by atoms with E-state index < -0.39 is 6.36 Å². The molecule has 0 saturated heterocycles. The van der Waals surface area contributed by atoms with Gasteiger partial charge in [0.25, 0.3) is 0 Å². The fourth-order valence-electron chi connectivity index (χ4n) is 3.48. The Balaban J connectivity index is 1.80. The number of rotatable bonds is 6. The van der Waals surface area contributed by atoms with Gasteiger partial charge >= 0.3 is 6.36 Å². The minimum atomic E-state index is -4.73. The van der Waals surface area contributed by atoms with Crippen molar-refractivity contribution in [3.8, 4) is 11.5 Å². The van der Waals surface area contributed by atoms with Gasteiger partial charge in [0, 0.05) is 5.56 Å². The van der Waals surface area contributed by atoms with Gasteiger partial charge in [-0.05, 0) is 56.1 Å². The summed E-state index contributed by atoms with van der Waals surface area (Å²) in [4.78, 5) is 0. The van der Waals surface area contributed by atoms with Gasteiger partial charge < -0.3 is 9.47 Å². The number of ether oxygens (including phenoxy) is 2. The van der Waals surface area contributed by atoms with Gasteiger partial charge in [0.1, 0.15) is 0 Å². The number of hydrogen-bond acceptors (Lipinski definition) is 2. The monoisotopic (exact) mass is 354 g/mol. The van der Waals surface area contributed by atoms with E-state index in [1.54, 1.807) is 13.0 Å². The molecule has 0 heterocycles. The molecule has 0 atom stereocenters. The fraction of sp³-hybridized carbons (Fsp3) is 0.600. The molecule has 0 bridgehead atoms. The van der Waals surface area contributed by atoms with E-state index in [0.717, 1.165) is 31.2 Å². The summed E-state index contributed by atoms with van der Waals surface area (Å²) in [5, 5.41) is 0. The van der Waals surface area contributed by atoms with E-state index >= 15 is 0 Å². The lowest BCUT2D eigenvalue weighted by molar-refractivity contribution is -0.275. The molecule has 1 aromatic rings. The Hall–Kier alpha value is -1.65. The molecule has 2 saturated carbocycles. The molecule has 0 aromatic heterocycles. The lowest BCUT2D eigenvalue weighted by atomic mass is 9.86. The molecule has 0 spiro atoms. The molecule has 2 nitrogen and oxygen atoms in total.